The van der Waals surface area contributed by atoms with Crippen LogP contribution >= 0.6 is 15.9 Å². The molecule has 2 N–H and O–H groups in total. The predicted molar refractivity (Wildman–Crippen MR) is 76.7 cm³/mol. The quantitative estimate of drug-likeness (QED) is 0.812. The van der Waals surface area contributed by atoms with Crippen molar-refractivity contribution in [1.29, 1.82) is 0 Å². The maximum atomic E-state index is 11.7. The van der Waals surface area contributed by atoms with Gasteiger partial charge in [-0.1, -0.05) is 12.1 Å². The molecule has 0 saturated carbocycles. The maximum absolute atomic E-state index is 11.7. The molecule has 0 saturated heterocycles. The van der Waals surface area contributed by atoms with Gasteiger partial charge in [-0.15, -0.1) is 0 Å². The molecule has 1 aromatic rings. The fourth-order valence-corrected chi connectivity index (χ4v) is 1.76. The topological polar surface area (TPSA) is 50.4 Å². The number of amides is 1. The molecule has 0 aliphatic rings. The number of hydrogen-bond donors (Lipinski definition) is 2. The molecule has 0 heterocycles. The van der Waals surface area contributed by atoms with Crippen LogP contribution in [0.3, 0.4) is 0 Å². The van der Waals surface area contributed by atoms with Crippen LogP contribution in [0.2, 0.25) is 0 Å². The second-order valence-electron chi connectivity index (χ2n) is 3.97. The van der Waals surface area contributed by atoms with Crippen LogP contribution in [0.5, 0.6) is 0 Å². The lowest BCUT2D eigenvalue weighted by Gasteiger charge is -2.13. The Morgan fingerprint density at radius 3 is 2.83 bits per heavy atom. The second kappa shape index (κ2) is 8.24. The molecular formula is C13H19BrN2O2. The van der Waals surface area contributed by atoms with Gasteiger partial charge in [-0.2, -0.15) is 0 Å². The lowest BCUT2D eigenvalue weighted by atomic mass is 10.3. The van der Waals surface area contributed by atoms with Crippen molar-refractivity contribution in [3.05, 3.63) is 28.7 Å². The Bertz CT molecular complexity index is 385. The standard InChI is InChI=1S/C13H19BrN2O2/c1-3-18-9-10(2)15-8-13(17)16-12-7-5-4-6-11(12)14/h4-7,10,15H,3,8-9H2,1-2H3,(H,16,17). The first-order valence-corrected chi connectivity index (χ1v) is 6.78. The first-order valence-electron chi connectivity index (χ1n) is 5.99. The normalized spacial score (nSPS) is 12.2. The Labute approximate surface area is 116 Å². The minimum absolute atomic E-state index is 0.0646. The summed E-state index contributed by atoms with van der Waals surface area (Å²) in [6.45, 7) is 5.51. The Kier molecular flexibility index (Phi) is 6.93. The van der Waals surface area contributed by atoms with E-state index in [0.29, 0.717) is 13.2 Å². The number of hydrogen-bond acceptors (Lipinski definition) is 3. The third kappa shape index (κ3) is 5.62. The molecule has 1 atom stereocenters. The van der Waals surface area contributed by atoms with Crippen molar-refractivity contribution in [3.8, 4) is 0 Å². The number of carbonyl (C=O) groups is 1. The highest BCUT2D eigenvalue weighted by molar-refractivity contribution is 9.10. The Hall–Kier alpha value is -0.910. The maximum Gasteiger partial charge on any atom is 0.238 e. The Morgan fingerprint density at radius 2 is 2.17 bits per heavy atom. The van der Waals surface area contributed by atoms with Gasteiger partial charge in [0.1, 0.15) is 0 Å². The molecule has 1 amide bonds. The molecule has 0 aliphatic carbocycles. The van der Waals surface area contributed by atoms with Crippen LogP contribution < -0.4 is 10.6 Å². The van der Waals surface area contributed by atoms with E-state index in [1.807, 2.05) is 38.1 Å². The van der Waals surface area contributed by atoms with Crippen molar-refractivity contribution in [3.63, 3.8) is 0 Å². The number of carbonyl (C=O) groups excluding carboxylic acids is 1. The number of halogens is 1. The monoisotopic (exact) mass is 314 g/mol. The smallest absolute Gasteiger partial charge is 0.238 e. The van der Waals surface area contributed by atoms with Crippen molar-refractivity contribution < 1.29 is 9.53 Å². The molecule has 1 aromatic carbocycles. The van der Waals surface area contributed by atoms with Crippen molar-refractivity contribution in [2.45, 2.75) is 19.9 Å². The first-order chi connectivity index (χ1) is 8.63. The first kappa shape index (κ1) is 15.1. The molecule has 0 bridgehead atoms. The van der Waals surface area contributed by atoms with Crippen molar-refractivity contribution in [2.24, 2.45) is 0 Å². The molecule has 0 radical (unpaired) electrons. The number of benzene rings is 1. The van der Waals surface area contributed by atoms with E-state index in [0.717, 1.165) is 10.2 Å². The zero-order valence-electron chi connectivity index (χ0n) is 10.7. The molecule has 0 fully saturated rings. The van der Waals surface area contributed by atoms with Gasteiger partial charge in [0.05, 0.1) is 18.8 Å². The minimum atomic E-state index is -0.0646. The number of para-hydroxylation sites is 1. The highest BCUT2D eigenvalue weighted by atomic mass is 79.9. The van der Waals surface area contributed by atoms with Crippen LogP contribution in [-0.4, -0.2) is 31.7 Å². The summed E-state index contributed by atoms with van der Waals surface area (Å²) in [5, 5.41) is 5.94. The molecule has 1 unspecified atom stereocenters. The number of nitrogens with one attached hydrogen (secondary N) is 2. The summed E-state index contributed by atoms with van der Waals surface area (Å²) in [5.41, 5.74) is 0.779. The van der Waals surface area contributed by atoms with Gasteiger partial charge in [0.2, 0.25) is 5.91 Å². The number of rotatable bonds is 7. The summed E-state index contributed by atoms with van der Waals surface area (Å²) in [4.78, 5) is 11.7. The summed E-state index contributed by atoms with van der Waals surface area (Å²) in [5.74, 6) is -0.0646. The SMILES string of the molecule is CCOCC(C)NCC(=O)Nc1ccccc1Br. The van der Waals surface area contributed by atoms with E-state index in [1.165, 1.54) is 0 Å². The molecule has 1 rings (SSSR count). The largest absolute Gasteiger partial charge is 0.380 e. The van der Waals surface area contributed by atoms with E-state index in [1.54, 1.807) is 0 Å². The number of ether oxygens (including phenoxy) is 1. The van der Waals surface area contributed by atoms with E-state index < -0.39 is 0 Å². The molecule has 100 valence electrons. The number of anilines is 1. The van der Waals surface area contributed by atoms with Gasteiger partial charge in [0.15, 0.2) is 0 Å². The van der Waals surface area contributed by atoms with Crippen LogP contribution in [0.15, 0.2) is 28.7 Å². The van der Waals surface area contributed by atoms with Crippen LogP contribution in [0.4, 0.5) is 5.69 Å². The summed E-state index contributed by atoms with van der Waals surface area (Å²) in [6, 6.07) is 7.69. The van der Waals surface area contributed by atoms with Gasteiger partial charge in [0.25, 0.3) is 0 Å². The van der Waals surface area contributed by atoms with E-state index in [2.05, 4.69) is 26.6 Å². The minimum Gasteiger partial charge on any atom is -0.380 e. The third-order valence-electron chi connectivity index (χ3n) is 2.33. The van der Waals surface area contributed by atoms with Gasteiger partial charge in [-0.25, -0.2) is 0 Å². The van der Waals surface area contributed by atoms with E-state index in [9.17, 15) is 4.79 Å². The average molecular weight is 315 g/mol. The summed E-state index contributed by atoms with van der Waals surface area (Å²) < 4.78 is 6.14. The van der Waals surface area contributed by atoms with Crippen LogP contribution in [0.1, 0.15) is 13.8 Å². The lowest BCUT2D eigenvalue weighted by molar-refractivity contribution is -0.115. The van der Waals surface area contributed by atoms with Crippen molar-refractivity contribution in [1.82, 2.24) is 5.32 Å². The highest BCUT2D eigenvalue weighted by Crippen LogP contribution is 2.20. The van der Waals surface area contributed by atoms with Crippen molar-refractivity contribution in [2.75, 3.05) is 25.1 Å². The molecule has 4 nitrogen and oxygen atoms in total. The predicted octanol–water partition coefficient (Wildman–Crippen LogP) is 2.40. The lowest BCUT2D eigenvalue weighted by Crippen LogP contribution is -2.37. The highest BCUT2D eigenvalue weighted by Gasteiger charge is 2.07. The van der Waals surface area contributed by atoms with Gasteiger partial charge < -0.3 is 15.4 Å². The zero-order chi connectivity index (χ0) is 13.4. The molecule has 18 heavy (non-hydrogen) atoms. The van der Waals surface area contributed by atoms with Crippen molar-refractivity contribution >= 4 is 27.5 Å². The van der Waals surface area contributed by atoms with E-state index >= 15 is 0 Å². The summed E-state index contributed by atoms with van der Waals surface area (Å²) in [6.07, 6.45) is 0. The van der Waals surface area contributed by atoms with E-state index in [4.69, 9.17) is 4.74 Å². The molecule has 0 aliphatic heterocycles. The molecule has 0 aromatic heterocycles. The van der Waals surface area contributed by atoms with Gasteiger partial charge >= 0.3 is 0 Å². The summed E-state index contributed by atoms with van der Waals surface area (Å²) in [7, 11) is 0. The fraction of sp³-hybridized carbons (Fsp3) is 0.462. The zero-order valence-corrected chi connectivity index (χ0v) is 12.3. The molecule has 5 heteroatoms. The Morgan fingerprint density at radius 1 is 1.44 bits per heavy atom. The second-order valence-corrected chi connectivity index (χ2v) is 4.82. The van der Waals surface area contributed by atoms with Gasteiger partial charge in [0, 0.05) is 17.1 Å². The molecule has 0 spiro atoms. The molecular weight excluding hydrogens is 296 g/mol. The van der Waals surface area contributed by atoms with Crippen LogP contribution in [0, 0.1) is 0 Å². The van der Waals surface area contributed by atoms with Crippen LogP contribution in [-0.2, 0) is 9.53 Å². The average Bonchev–Trinajstić information content (AvgIpc) is 2.36. The summed E-state index contributed by atoms with van der Waals surface area (Å²) >= 11 is 3.38. The van der Waals surface area contributed by atoms with E-state index in [-0.39, 0.29) is 18.5 Å². The van der Waals surface area contributed by atoms with Gasteiger partial charge in [-0.3, -0.25) is 4.79 Å². The van der Waals surface area contributed by atoms with Crippen LogP contribution in [0.25, 0.3) is 0 Å². The fourth-order valence-electron chi connectivity index (χ4n) is 1.38. The third-order valence-corrected chi connectivity index (χ3v) is 3.02. The Balaban J connectivity index is 2.32. The van der Waals surface area contributed by atoms with Gasteiger partial charge in [-0.05, 0) is 41.9 Å².